The molecular formula is C15H12ClNO3. The molecule has 20 heavy (non-hydrogen) atoms. The van der Waals surface area contributed by atoms with E-state index < -0.39 is 4.92 Å². The van der Waals surface area contributed by atoms with Crippen molar-refractivity contribution in [1.82, 2.24) is 0 Å². The van der Waals surface area contributed by atoms with Gasteiger partial charge in [0.25, 0.3) is 5.69 Å². The fourth-order valence-electron chi connectivity index (χ4n) is 1.82. The fraction of sp³-hybridized carbons (Fsp3) is 0.133. The van der Waals surface area contributed by atoms with Crippen LogP contribution in [0.1, 0.15) is 22.3 Å². The maximum atomic E-state index is 12.0. The second kappa shape index (κ2) is 6.30. The van der Waals surface area contributed by atoms with Gasteiger partial charge in [-0.05, 0) is 36.2 Å². The highest BCUT2D eigenvalue weighted by Gasteiger charge is 2.08. The molecule has 2 rings (SSSR count). The van der Waals surface area contributed by atoms with E-state index in [4.69, 9.17) is 11.6 Å². The van der Waals surface area contributed by atoms with Gasteiger partial charge in [0, 0.05) is 29.1 Å². The van der Waals surface area contributed by atoms with Crippen molar-refractivity contribution >= 4 is 23.1 Å². The number of benzene rings is 2. The molecule has 0 unspecified atom stereocenters. The van der Waals surface area contributed by atoms with Crippen LogP contribution in [0, 0.1) is 10.1 Å². The van der Waals surface area contributed by atoms with Crippen LogP contribution < -0.4 is 0 Å². The summed E-state index contributed by atoms with van der Waals surface area (Å²) in [5.74, 6) is 0.0278. The number of nitro groups is 1. The minimum absolute atomic E-state index is 0.0278. The number of non-ortho nitro benzene ring substituents is 1. The van der Waals surface area contributed by atoms with Gasteiger partial charge in [-0.15, -0.1) is 0 Å². The Hall–Kier alpha value is -2.20. The Balaban J connectivity index is 1.96. The molecule has 0 aliphatic rings. The second-order valence-electron chi connectivity index (χ2n) is 4.35. The number of nitro benzene ring substituents is 1. The molecule has 0 atom stereocenters. The summed E-state index contributed by atoms with van der Waals surface area (Å²) in [6.45, 7) is 0. The van der Waals surface area contributed by atoms with Crippen LogP contribution in [0.5, 0.6) is 0 Å². The Morgan fingerprint density at radius 2 is 1.65 bits per heavy atom. The molecule has 0 saturated heterocycles. The van der Waals surface area contributed by atoms with Gasteiger partial charge in [0.2, 0.25) is 0 Å². The number of carbonyl (C=O) groups is 1. The SMILES string of the molecule is O=C(CCc1ccc([N+](=O)[O-])cc1)c1ccc(Cl)cc1. The summed E-state index contributed by atoms with van der Waals surface area (Å²) in [6, 6.07) is 13.0. The molecule has 0 bridgehead atoms. The van der Waals surface area contributed by atoms with E-state index in [1.54, 1.807) is 36.4 Å². The van der Waals surface area contributed by atoms with Crippen molar-refractivity contribution in [3.63, 3.8) is 0 Å². The van der Waals surface area contributed by atoms with Crippen LogP contribution >= 0.6 is 11.6 Å². The van der Waals surface area contributed by atoms with E-state index in [0.717, 1.165) is 5.56 Å². The highest BCUT2D eigenvalue weighted by Crippen LogP contribution is 2.15. The van der Waals surface area contributed by atoms with E-state index >= 15 is 0 Å². The number of hydrogen-bond acceptors (Lipinski definition) is 3. The molecule has 0 aromatic heterocycles. The lowest BCUT2D eigenvalue weighted by Crippen LogP contribution is -2.01. The van der Waals surface area contributed by atoms with E-state index in [9.17, 15) is 14.9 Å². The Bertz CT molecular complexity index is 621. The molecule has 2 aromatic carbocycles. The second-order valence-corrected chi connectivity index (χ2v) is 4.79. The normalized spacial score (nSPS) is 10.2. The lowest BCUT2D eigenvalue weighted by Gasteiger charge is -2.02. The van der Waals surface area contributed by atoms with Gasteiger partial charge in [-0.25, -0.2) is 0 Å². The number of hydrogen-bond donors (Lipinski definition) is 0. The van der Waals surface area contributed by atoms with Crippen molar-refractivity contribution in [1.29, 1.82) is 0 Å². The predicted octanol–water partition coefficient (Wildman–Crippen LogP) is 4.06. The average molecular weight is 290 g/mol. The van der Waals surface area contributed by atoms with E-state index in [1.165, 1.54) is 12.1 Å². The molecule has 0 aliphatic carbocycles. The summed E-state index contributed by atoms with van der Waals surface area (Å²) in [6.07, 6.45) is 0.916. The van der Waals surface area contributed by atoms with Crippen molar-refractivity contribution in [2.24, 2.45) is 0 Å². The molecule has 0 heterocycles. The molecular weight excluding hydrogens is 278 g/mol. The van der Waals surface area contributed by atoms with Crippen LogP contribution in [0.25, 0.3) is 0 Å². The van der Waals surface area contributed by atoms with Gasteiger partial charge in [0.15, 0.2) is 5.78 Å². The summed E-state index contributed by atoms with van der Waals surface area (Å²) >= 11 is 5.76. The highest BCUT2D eigenvalue weighted by atomic mass is 35.5. The van der Waals surface area contributed by atoms with Crippen molar-refractivity contribution in [3.8, 4) is 0 Å². The van der Waals surface area contributed by atoms with Crippen molar-refractivity contribution in [2.75, 3.05) is 0 Å². The van der Waals surface area contributed by atoms with E-state index in [0.29, 0.717) is 23.4 Å². The molecule has 0 fully saturated rings. The standard InChI is InChI=1S/C15H12ClNO3/c16-13-6-4-12(5-7-13)15(18)10-3-11-1-8-14(9-2-11)17(19)20/h1-2,4-9H,3,10H2. The van der Waals surface area contributed by atoms with Crippen LogP contribution in [0.2, 0.25) is 5.02 Å². The van der Waals surface area contributed by atoms with Crippen molar-refractivity contribution < 1.29 is 9.72 Å². The van der Waals surface area contributed by atoms with E-state index in [-0.39, 0.29) is 11.5 Å². The zero-order valence-electron chi connectivity index (χ0n) is 10.6. The number of halogens is 1. The van der Waals surface area contributed by atoms with Gasteiger partial charge in [0.05, 0.1) is 4.92 Å². The Morgan fingerprint density at radius 1 is 1.05 bits per heavy atom. The lowest BCUT2D eigenvalue weighted by atomic mass is 10.0. The monoisotopic (exact) mass is 289 g/mol. The first-order chi connectivity index (χ1) is 9.56. The maximum Gasteiger partial charge on any atom is 0.269 e. The summed E-state index contributed by atoms with van der Waals surface area (Å²) in [4.78, 5) is 22.0. The van der Waals surface area contributed by atoms with Gasteiger partial charge in [0.1, 0.15) is 0 Å². The lowest BCUT2D eigenvalue weighted by molar-refractivity contribution is -0.384. The van der Waals surface area contributed by atoms with Crippen molar-refractivity contribution in [3.05, 3.63) is 74.8 Å². The zero-order chi connectivity index (χ0) is 14.5. The third-order valence-corrected chi connectivity index (χ3v) is 3.21. The quantitative estimate of drug-likeness (QED) is 0.474. The minimum Gasteiger partial charge on any atom is -0.294 e. The summed E-state index contributed by atoms with van der Waals surface area (Å²) in [5.41, 5.74) is 1.58. The number of nitrogens with zero attached hydrogens (tertiary/aromatic N) is 1. The smallest absolute Gasteiger partial charge is 0.269 e. The summed E-state index contributed by atoms with van der Waals surface area (Å²) < 4.78 is 0. The number of ketones is 1. The van der Waals surface area contributed by atoms with Gasteiger partial charge < -0.3 is 0 Å². The van der Waals surface area contributed by atoms with Gasteiger partial charge in [-0.2, -0.15) is 0 Å². The first-order valence-corrected chi connectivity index (χ1v) is 6.46. The van der Waals surface area contributed by atoms with Crippen LogP contribution in [0.4, 0.5) is 5.69 Å². The molecule has 0 spiro atoms. The highest BCUT2D eigenvalue weighted by molar-refractivity contribution is 6.30. The van der Waals surface area contributed by atoms with Crippen molar-refractivity contribution in [2.45, 2.75) is 12.8 Å². The molecule has 0 N–H and O–H groups in total. The fourth-order valence-corrected chi connectivity index (χ4v) is 1.95. The predicted molar refractivity (Wildman–Crippen MR) is 77.2 cm³/mol. The number of carbonyl (C=O) groups excluding carboxylic acids is 1. The first-order valence-electron chi connectivity index (χ1n) is 6.08. The molecule has 102 valence electrons. The molecule has 0 saturated carbocycles. The Labute approximate surface area is 121 Å². The van der Waals surface area contributed by atoms with Crippen LogP contribution in [-0.2, 0) is 6.42 Å². The van der Waals surface area contributed by atoms with Gasteiger partial charge in [-0.1, -0.05) is 23.7 Å². The minimum atomic E-state index is -0.442. The zero-order valence-corrected chi connectivity index (χ0v) is 11.3. The van der Waals surface area contributed by atoms with E-state index in [2.05, 4.69) is 0 Å². The third-order valence-electron chi connectivity index (χ3n) is 2.95. The summed E-state index contributed by atoms with van der Waals surface area (Å²) in [5, 5.41) is 11.1. The Kier molecular flexibility index (Phi) is 4.48. The molecule has 0 aliphatic heterocycles. The van der Waals surface area contributed by atoms with Crippen LogP contribution in [-0.4, -0.2) is 10.7 Å². The first kappa shape index (κ1) is 14.2. The molecule has 5 heteroatoms. The van der Waals surface area contributed by atoms with Crippen LogP contribution in [0.3, 0.4) is 0 Å². The molecule has 0 amide bonds. The van der Waals surface area contributed by atoms with Crippen LogP contribution in [0.15, 0.2) is 48.5 Å². The number of rotatable bonds is 5. The average Bonchev–Trinajstić information content (AvgIpc) is 2.46. The Morgan fingerprint density at radius 3 is 2.20 bits per heavy atom. The van der Waals surface area contributed by atoms with Gasteiger partial charge in [-0.3, -0.25) is 14.9 Å². The third kappa shape index (κ3) is 3.65. The van der Waals surface area contributed by atoms with E-state index in [1.807, 2.05) is 0 Å². The topological polar surface area (TPSA) is 60.2 Å². The summed E-state index contributed by atoms with van der Waals surface area (Å²) in [7, 11) is 0. The molecule has 2 aromatic rings. The van der Waals surface area contributed by atoms with Gasteiger partial charge >= 0.3 is 0 Å². The number of Topliss-reactive ketones (excluding diaryl/α,β-unsaturated/α-hetero) is 1. The maximum absolute atomic E-state index is 12.0. The molecule has 0 radical (unpaired) electrons. The molecule has 4 nitrogen and oxygen atoms in total. The number of aryl methyl sites for hydroxylation is 1. The largest absolute Gasteiger partial charge is 0.294 e.